The summed E-state index contributed by atoms with van der Waals surface area (Å²) in [5, 5.41) is 17.9. The molecule has 176 valence electrons. The third-order valence-electron chi connectivity index (χ3n) is 5.84. The first-order chi connectivity index (χ1) is 17.1. The van der Waals surface area contributed by atoms with Gasteiger partial charge in [0.25, 0.3) is 0 Å². The Balaban J connectivity index is 1.71. The molecular formula is C29H26NO4P. The van der Waals surface area contributed by atoms with Gasteiger partial charge in [-0.3, -0.25) is 0 Å². The predicted octanol–water partition coefficient (Wildman–Crippen LogP) is 3.03. The van der Waals surface area contributed by atoms with E-state index in [-0.39, 0.29) is 12.8 Å². The van der Waals surface area contributed by atoms with Gasteiger partial charge in [-0.2, -0.15) is 0 Å². The fraction of sp³-hybridized carbons (Fsp3) is 0.103. The zero-order chi connectivity index (χ0) is 24.5. The summed E-state index contributed by atoms with van der Waals surface area (Å²) in [5.74, 6) is -1.35. The molecule has 1 amide bonds. The average molecular weight is 484 g/mol. The van der Waals surface area contributed by atoms with Crippen LogP contribution >= 0.6 is 7.26 Å². The number of carbonyl (C=O) groups is 2. The van der Waals surface area contributed by atoms with Crippen LogP contribution in [0.2, 0.25) is 0 Å². The van der Waals surface area contributed by atoms with Crippen LogP contribution < -0.4 is 26.3 Å². The smallest absolute Gasteiger partial charge is 0.408 e. The van der Waals surface area contributed by atoms with Gasteiger partial charge >= 0.3 is 6.09 Å². The number of carboxylic acid groups (broad SMARTS) is 1. The van der Waals surface area contributed by atoms with Crippen molar-refractivity contribution in [1.82, 2.24) is 5.32 Å². The molecule has 0 spiro atoms. The Hall–Kier alpha value is -3.95. The lowest BCUT2D eigenvalue weighted by molar-refractivity contribution is -0.307. The van der Waals surface area contributed by atoms with Crippen LogP contribution in [0.4, 0.5) is 4.79 Å². The van der Waals surface area contributed by atoms with Crippen molar-refractivity contribution in [2.75, 3.05) is 6.16 Å². The molecule has 0 saturated carbocycles. The van der Waals surface area contributed by atoms with Gasteiger partial charge in [-0.15, -0.1) is 0 Å². The number of alkyl carbamates (subject to hydrolysis) is 1. The quantitative estimate of drug-likeness (QED) is 0.371. The lowest BCUT2D eigenvalue weighted by Gasteiger charge is -2.31. The number of benzene rings is 4. The molecule has 0 saturated heterocycles. The van der Waals surface area contributed by atoms with E-state index in [0.717, 1.165) is 21.5 Å². The first kappa shape index (κ1) is 24.2. The molecule has 0 aromatic heterocycles. The van der Waals surface area contributed by atoms with Gasteiger partial charge in [0.2, 0.25) is 0 Å². The zero-order valence-corrected chi connectivity index (χ0v) is 20.0. The minimum atomic E-state index is -2.49. The molecule has 4 rings (SSSR count). The van der Waals surface area contributed by atoms with Crippen LogP contribution in [0, 0.1) is 0 Å². The largest absolute Gasteiger partial charge is 0.548 e. The van der Waals surface area contributed by atoms with Crippen molar-refractivity contribution in [1.29, 1.82) is 0 Å². The second-order valence-electron chi connectivity index (χ2n) is 8.08. The number of aliphatic carboxylic acids is 1. The number of carbonyl (C=O) groups excluding carboxylic acids is 2. The summed E-state index contributed by atoms with van der Waals surface area (Å²) in [4.78, 5) is 24.9. The normalized spacial score (nSPS) is 11.9. The van der Waals surface area contributed by atoms with E-state index < -0.39 is 25.4 Å². The van der Waals surface area contributed by atoms with Crippen molar-refractivity contribution in [3.63, 3.8) is 0 Å². The number of hydrogen-bond donors (Lipinski definition) is 1. The summed E-state index contributed by atoms with van der Waals surface area (Å²) in [6.07, 6.45) is -0.649. The maximum absolute atomic E-state index is 12.6. The van der Waals surface area contributed by atoms with Crippen molar-refractivity contribution < 1.29 is 19.4 Å². The van der Waals surface area contributed by atoms with E-state index in [1.807, 2.05) is 121 Å². The predicted molar refractivity (Wildman–Crippen MR) is 139 cm³/mol. The van der Waals surface area contributed by atoms with Gasteiger partial charge in [0.15, 0.2) is 0 Å². The fourth-order valence-corrected chi connectivity index (χ4v) is 8.53. The van der Waals surface area contributed by atoms with E-state index in [4.69, 9.17) is 4.74 Å². The van der Waals surface area contributed by atoms with Crippen LogP contribution in [-0.2, 0) is 16.1 Å². The highest BCUT2D eigenvalue weighted by molar-refractivity contribution is 7.95. The summed E-state index contributed by atoms with van der Waals surface area (Å²) in [6, 6.07) is 37.6. The van der Waals surface area contributed by atoms with E-state index in [1.165, 1.54) is 0 Å². The topological polar surface area (TPSA) is 78.5 Å². The van der Waals surface area contributed by atoms with Gasteiger partial charge in [-0.1, -0.05) is 84.9 Å². The van der Waals surface area contributed by atoms with Crippen molar-refractivity contribution in [2.24, 2.45) is 0 Å². The molecule has 5 nitrogen and oxygen atoms in total. The monoisotopic (exact) mass is 483 g/mol. The molecule has 0 heterocycles. The first-order valence-electron chi connectivity index (χ1n) is 11.3. The van der Waals surface area contributed by atoms with E-state index in [1.54, 1.807) is 0 Å². The molecule has 6 heteroatoms. The Morgan fingerprint density at radius 2 is 1.09 bits per heavy atom. The third-order valence-corrected chi connectivity index (χ3v) is 10.3. The molecule has 4 aromatic rings. The van der Waals surface area contributed by atoms with Crippen LogP contribution in [0.3, 0.4) is 0 Å². The maximum atomic E-state index is 12.6. The Kier molecular flexibility index (Phi) is 7.92. The molecule has 35 heavy (non-hydrogen) atoms. The van der Waals surface area contributed by atoms with Crippen LogP contribution in [0.15, 0.2) is 121 Å². The molecule has 0 radical (unpaired) electrons. The first-order valence-corrected chi connectivity index (χ1v) is 13.3. The van der Waals surface area contributed by atoms with Gasteiger partial charge in [-0.05, 0) is 42.0 Å². The average Bonchev–Trinajstić information content (AvgIpc) is 2.92. The van der Waals surface area contributed by atoms with Gasteiger partial charge in [0, 0.05) is 0 Å². The molecule has 0 fully saturated rings. The highest BCUT2D eigenvalue weighted by Gasteiger charge is 2.47. The van der Waals surface area contributed by atoms with Crippen molar-refractivity contribution in [3.05, 3.63) is 127 Å². The number of rotatable bonds is 9. The maximum Gasteiger partial charge on any atom is 0.408 e. The summed E-state index contributed by atoms with van der Waals surface area (Å²) in [7, 11) is -2.49. The van der Waals surface area contributed by atoms with E-state index in [9.17, 15) is 14.7 Å². The molecule has 0 aliphatic rings. The number of hydrogen-bond acceptors (Lipinski definition) is 4. The lowest BCUT2D eigenvalue weighted by Crippen LogP contribution is -2.53. The molecule has 0 aliphatic carbocycles. The molecule has 0 unspecified atom stereocenters. The van der Waals surface area contributed by atoms with Gasteiger partial charge in [-0.25, -0.2) is 4.79 Å². The minimum Gasteiger partial charge on any atom is -0.548 e. The third kappa shape index (κ3) is 5.76. The van der Waals surface area contributed by atoms with Crippen LogP contribution in [0.1, 0.15) is 5.56 Å². The molecule has 0 bridgehead atoms. The van der Waals surface area contributed by atoms with Crippen molar-refractivity contribution >= 4 is 35.2 Å². The second-order valence-corrected chi connectivity index (χ2v) is 11.6. The summed E-state index contributed by atoms with van der Waals surface area (Å²) in [6.45, 7) is 0.0444. The van der Waals surface area contributed by atoms with Crippen LogP contribution in [-0.4, -0.2) is 24.3 Å². The minimum absolute atomic E-state index is 0.0444. The zero-order valence-electron chi connectivity index (χ0n) is 19.1. The summed E-state index contributed by atoms with van der Waals surface area (Å²) < 4.78 is 5.31. The molecule has 4 aromatic carbocycles. The van der Waals surface area contributed by atoms with Crippen LogP contribution in [0.5, 0.6) is 0 Å². The molecule has 0 aliphatic heterocycles. The van der Waals surface area contributed by atoms with Gasteiger partial charge in [0.05, 0.1) is 12.1 Å². The number of ether oxygens (including phenoxy) is 1. The Labute approximate surface area is 205 Å². The Bertz CT molecular complexity index is 1140. The van der Waals surface area contributed by atoms with Crippen molar-refractivity contribution in [3.8, 4) is 0 Å². The highest BCUT2D eigenvalue weighted by Crippen LogP contribution is 2.55. The number of amides is 1. The molecular weight excluding hydrogens is 457 g/mol. The number of carboxylic acids is 1. The summed E-state index contributed by atoms with van der Waals surface area (Å²) in [5.41, 5.74) is 0.812. The van der Waals surface area contributed by atoms with E-state index in [0.29, 0.717) is 0 Å². The molecule has 1 N–H and O–H groups in total. The molecule has 1 atom stereocenters. The Morgan fingerprint density at radius 3 is 1.49 bits per heavy atom. The number of nitrogens with one attached hydrogen (secondary N) is 1. The SMILES string of the molecule is O=C(N[C@@H](C[P+](c1ccccc1)(c1ccccc1)c1ccccc1)C(=O)[O-])OCc1ccccc1. The van der Waals surface area contributed by atoms with Crippen molar-refractivity contribution in [2.45, 2.75) is 12.6 Å². The fourth-order valence-electron chi connectivity index (χ4n) is 4.17. The Morgan fingerprint density at radius 1 is 0.686 bits per heavy atom. The standard InChI is InChI=1S/C29H26NO4P/c31-28(32)27(30-29(33)34-21-23-13-5-1-6-14-23)22-35(24-15-7-2-8-16-24,25-17-9-3-10-18-25)26-19-11-4-12-20-26/h1-20,27H,21-22H2,(H-,30,31,32,33)/t27-/m0/s1. The lowest BCUT2D eigenvalue weighted by atomic mass is 10.2. The van der Waals surface area contributed by atoms with Gasteiger partial charge in [0.1, 0.15) is 35.8 Å². The van der Waals surface area contributed by atoms with E-state index in [2.05, 4.69) is 5.32 Å². The van der Waals surface area contributed by atoms with Crippen LogP contribution in [0.25, 0.3) is 0 Å². The van der Waals surface area contributed by atoms with Gasteiger partial charge < -0.3 is 20.0 Å². The summed E-state index contributed by atoms with van der Waals surface area (Å²) >= 11 is 0. The van der Waals surface area contributed by atoms with E-state index >= 15 is 0 Å². The second kappa shape index (κ2) is 11.5. The highest BCUT2D eigenvalue weighted by atomic mass is 31.2.